The van der Waals surface area contributed by atoms with Gasteiger partial charge in [0, 0.05) is 19.2 Å². The van der Waals surface area contributed by atoms with Gasteiger partial charge in [-0.25, -0.2) is 0 Å². The summed E-state index contributed by atoms with van der Waals surface area (Å²) in [4.78, 5) is 17.6. The van der Waals surface area contributed by atoms with Crippen molar-refractivity contribution in [1.29, 1.82) is 0 Å². The first-order valence-corrected chi connectivity index (χ1v) is 5.67. The summed E-state index contributed by atoms with van der Waals surface area (Å²) in [5.74, 6) is 1.33. The van der Waals surface area contributed by atoms with E-state index < -0.39 is 0 Å². The Bertz CT molecular complexity index is 381. The maximum absolute atomic E-state index is 11.8. The van der Waals surface area contributed by atoms with E-state index in [0.717, 1.165) is 23.5 Å². The molecule has 1 aliphatic rings. The lowest BCUT2D eigenvalue weighted by Crippen LogP contribution is -2.25. The Morgan fingerprint density at radius 2 is 2.47 bits per heavy atom. The van der Waals surface area contributed by atoms with Crippen LogP contribution in [0.4, 0.5) is 5.69 Å². The van der Waals surface area contributed by atoms with Crippen molar-refractivity contribution in [1.82, 2.24) is 4.98 Å². The van der Waals surface area contributed by atoms with Crippen molar-refractivity contribution in [3.05, 3.63) is 24.0 Å². The largest absolute Gasteiger partial charge is 0.310 e. The Kier molecular flexibility index (Phi) is 2.95. The summed E-state index contributed by atoms with van der Waals surface area (Å²) in [6.07, 6.45) is 4.11. The smallest absolute Gasteiger partial charge is 0.227 e. The monoisotopic (exact) mass is 222 g/mol. The van der Waals surface area contributed by atoms with Crippen LogP contribution in [0.25, 0.3) is 0 Å². The molecule has 0 saturated carbocycles. The number of aryl methyl sites for hydroxylation is 1. The summed E-state index contributed by atoms with van der Waals surface area (Å²) >= 11 is 4.24. The summed E-state index contributed by atoms with van der Waals surface area (Å²) in [5.41, 5.74) is 2.03. The molecule has 15 heavy (non-hydrogen) atoms. The number of anilines is 1. The zero-order valence-corrected chi connectivity index (χ0v) is 9.58. The van der Waals surface area contributed by atoms with E-state index in [1.54, 1.807) is 12.4 Å². The SMILES string of the molecule is Cc1ccncc1N1CC(CS)CC1=O. The van der Waals surface area contributed by atoms with Gasteiger partial charge in [-0.05, 0) is 30.2 Å². The van der Waals surface area contributed by atoms with Gasteiger partial charge in [0.05, 0.1) is 11.9 Å². The van der Waals surface area contributed by atoms with Crippen LogP contribution in [-0.2, 0) is 4.79 Å². The van der Waals surface area contributed by atoms with Crippen LogP contribution >= 0.6 is 12.6 Å². The number of hydrogen-bond acceptors (Lipinski definition) is 3. The fourth-order valence-electron chi connectivity index (χ4n) is 1.87. The summed E-state index contributed by atoms with van der Waals surface area (Å²) in [6.45, 7) is 2.77. The Labute approximate surface area is 94.9 Å². The minimum atomic E-state index is 0.185. The number of pyridine rings is 1. The van der Waals surface area contributed by atoms with Gasteiger partial charge in [0.25, 0.3) is 0 Å². The van der Waals surface area contributed by atoms with E-state index >= 15 is 0 Å². The second-order valence-corrected chi connectivity index (χ2v) is 4.28. The highest BCUT2D eigenvalue weighted by atomic mass is 32.1. The molecule has 1 aromatic rings. The number of hydrogen-bond donors (Lipinski definition) is 1. The van der Waals surface area contributed by atoms with Gasteiger partial charge in [0.1, 0.15) is 0 Å². The van der Waals surface area contributed by atoms with Gasteiger partial charge in [0.2, 0.25) is 5.91 Å². The molecule has 1 aromatic heterocycles. The number of carbonyl (C=O) groups excluding carboxylic acids is 1. The topological polar surface area (TPSA) is 33.2 Å². The lowest BCUT2D eigenvalue weighted by Gasteiger charge is -2.18. The van der Waals surface area contributed by atoms with Gasteiger partial charge in [-0.2, -0.15) is 12.6 Å². The summed E-state index contributed by atoms with van der Waals surface area (Å²) in [7, 11) is 0. The van der Waals surface area contributed by atoms with E-state index in [4.69, 9.17) is 0 Å². The molecule has 1 amide bonds. The third-order valence-corrected chi connectivity index (χ3v) is 3.28. The molecule has 1 saturated heterocycles. The average Bonchev–Trinajstić information content (AvgIpc) is 2.60. The second kappa shape index (κ2) is 4.23. The predicted molar refractivity (Wildman–Crippen MR) is 63.3 cm³/mol. The zero-order chi connectivity index (χ0) is 10.8. The molecule has 0 bridgehead atoms. The maximum atomic E-state index is 11.8. The number of amides is 1. The molecule has 1 fully saturated rings. The molecular formula is C11H14N2OS. The number of thiol groups is 1. The van der Waals surface area contributed by atoms with Crippen LogP contribution in [0.5, 0.6) is 0 Å². The van der Waals surface area contributed by atoms with Gasteiger partial charge in [-0.1, -0.05) is 0 Å². The number of rotatable bonds is 2. The van der Waals surface area contributed by atoms with Crippen molar-refractivity contribution in [2.24, 2.45) is 5.92 Å². The quantitative estimate of drug-likeness (QED) is 0.772. The molecular weight excluding hydrogens is 208 g/mol. The highest BCUT2D eigenvalue weighted by Gasteiger charge is 2.30. The minimum Gasteiger partial charge on any atom is -0.310 e. The van der Waals surface area contributed by atoms with Crippen molar-refractivity contribution < 1.29 is 4.79 Å². The molecule has 2 rings (SSSR count). The number of carbonyl (C=O) groups is 1. The highest BCUT2D eigenvalue weighted by molar-refractivity contribution is 7.80. The molecule has 0 spiro atoms. The lowest BCUT2D eigenvalue weighted by atomic mass is 10.1. The minimum absolute atomic E-state index is 0.185. The van der Waals surface area contributed by atoms with Crippen LogP contribution in [0.3, 0.4) is 0 Å². The first-order chi connectivity index (χ1) is 7.22. The molecule has 1 aliphatic heterocycles. The van der Waals surface area contributed by atoms with E-state index in [2.05, 4.69) is 17.6 Å². The van der Waals surface area contributed by atoms with Crippen LogP contribution in [0.15, 0.2) is 18.5 Å². The normalized spacial score (nSPS) is 21.1. The number of nitrogens with zero attached hydrogens (tertiary/aromatic N) is 2. The molecule has 4 heteroatoms. The van der Waals surface area contributed by atoms with Gasteiger partial charge in [-0.15, -0.1) is 0 Å². The van der Waals surface area contributed by atoms with Crippen molar-refractivity contribution in [3.63, 3.8) is 0 Å². The molecule has 0 aromatic carbocycles. The molecule has 1 unspecified atom stereocenters. The van der Waals surface area contributed by atoms with Crippen molar-refractivity contribution in [2.75, 3.05) is 17.2 Å². The van der Waals surface area contributed by atoms with Crippen molar-refractivity contribution in [3.8, 4) is 0 Å². The van der Waals surface area contributed by atoms with Crippen LogP contribution in [0, 0.1) is 12.8 Å². The molecule has 3 nitrogen and oxygen atoms in total. The van der Waals surface area contributed by atoms with E-state index in [1.165, 1.54) is 0 Å². The summed E-state index contributed by atoms with van der Waals surface area (Å²) in [6, 6.07) is 1.93. The average molecular weight is 222 g/mol. The van der Waals surface area contributed by atoms with Gasteiger partial charge in [-0.3, -0.25) is 9.78 Å². The lowest BCUT2D eigenvalue weighted by molar-refractivity contribution is -0.117. The van der Waals surface area contributed by atoms with Gasteiger partial charge in [0.15, 0.2) is 0 Å². The fourth-order valence-corrected chi connectivity index (χ4v) is 2.12. The van der Waals surface area contributed by atoms with Crippen molar-refractivity contribution in [2.45, 2.75) is 13.3 Å². The second-order valence-electron chi connectivity index (χ2n) is 3.92. The maximum Gasteiger partial charge on any atom is 0.227 e. The third-order valence-electron chi connectivity index (χ3n) is 2.77. The Balaban J connectivity index is 2.25. The first-order valence-electron chi connectivity index (χ1n) is 5.04. The van der Waals surface area contributed by atoms with Crippen molar-refractivity contribution >= 4 is 24.2 Å². The first kappa shape index (κ1) is 10.5. The van der Waals surface area contributed by atoms with Crippen LogP contribution in [-0.4, -0.2) is 23.2 Å². The standard InChI is InChI=1S/C11H14N2OS/c1-8-2-3-12-5-10(8)13-6-9(7-15)4-11(13)14/h2-3,5,9,15H,4,6-7H2,1H3. The molecule has 0 N–H and O–H groups in total. The molecule has 80 valence electrons. The van der Waals surface area contributed by atoms with Crippen LogP contribution < -0.4 is 4.90 Å². The van der Waals surface area contributed by atoms with Crippen LogP contribution in [0.1, 0.15) is 12.0 Å². The van der Waals surface area contributed by atoms with Gasteiger partial charge >= 0.3 is 0 Å². The molecule has 0 radical (unpaired) electrons. The van der Waals surface area contributed by atoms with E-state index in [0.29, 0.717) is 12.3 Å². The zero-order valence-electron chi connectivity index (χ0n) is 8.68. The van der Waals surface area contributed by atoms with E-state index in [9.17, 15) is 4.79 Å². The van der Waals surface area contributed by atoms with Crippen LogP contribution in [0.2, 0.25) is 0 Å². The predicted octanol–water partition coefficient (Wildman–Crippen LogP) is 1.67. The Hall–Kier alpha value is -1.03. The van der Waals surface area contributed by atoms with E-state index in [1.807, 2.05) is 17.9 Å². The molecule has 1 atom stereocenters. The highest BCUT2D eigenvalue weighted by Crippen LogP contribution is 2.27. The van der Waals surface area contributed by atoms with Gasteiger partial charge < -0.3 is 4.90 Å². The molecule has 2 heterocycles. The van der Waals surface area contributed by atoms with E-state index in [-0.39, 0.29) is 5.91 Å². The Morgan fingerprint density at radius 3 is 3.07 bits per heavy atom. The fraction of sp³-hybridized carbons (Fsp3) is 0.455. The third kappa shape index (κ3) is 2.00. The summed E-state index contributed by atoms with van der Waals surface area (Å²) in [5, 5.41) is 0. The Morgan fingerprint density at radius 1 is 1.67 bits per heavy atom. The number of aromatic nitrogens is 1. The molecule has 0 aliphatic carbocycles. The summed E-state index contributed by atoms with van der Waals surface area (Å²) < 4.78 is 0.